The van der Waals surface area contributed by atoms with Gasteiger partial charge < -0.3 is 0 Å². The predicted octanol–water partition coefficient (Wildman–Crippen LogP) is 3.32. The van der Waals surface area contributed by atoms with E-state index in [2.05, 4.69) is 48.5 Å². The number of aromatic nitrogens is 1. The lowest BCUT2D eigenvalue weighted by molar-refractivity contribution is 0.559. The van der Waals surface area contributed by atoms with Crippen LogP contribution in [0.2, 0.25) is 0 Å². The third-order valence-corrected chi connectivity index (χ3v) is 4.30. The van der Waals surface area contributed by atoms with E-state index >= 15 is 0 Å². The Hall–Kier alpha value is -1.23. The highest BCUT2D eigenvalue weighted by Crippen LogP contribution is 2.24. The third-order valence-electron chi connectivity index (χ3n) is 3.27. The molecule has 3 N–H and O–H groups in total. The van der Waals surface area contributed by atoms with E-state index in [0.29, 0.717) is 5.92 Å². The van der Waals surface area contributed by atoms with Gasteiger partial charge in [-0.2, -0.15) is 0 Å². The molecule has 2 aromatic rings. The first kappa shape index (κ1) is 14.2. The van der Waals surface area contributed by atoms with Crippen LogP contribution in [0, 0.1) is 6.92 Å². The van der Waals surface area contributed by atoms with Gasteiger partial charge in [0.25, 0.3) is 0 Å². The Morgan fingerprint density at radius 2 is 1.95 bits per heavy atom. The van der Waals surface area contributed by atoms with Crippen molar-refractivity contribution in [3.8, 4) is 0 Å². The SMILES string of the molecule is Cc1ncc(C(Cc2ccc(C(C)C)cc2)NN)s1. The molecule has 2 rings (SSSR count). The highest BCUT2D eigenvalue weighted by Gasteiger charge is 2.13. The van der Waals surface area contributed by atoms with Gasteiger partial charge in [0.05, 0.1) is 11.0 Å². The highest BCUT2D eigenvalue weighted by molar-refractivity contribution is 7.11. The van der Waals surface area contributed by atoms with Gasteiger partial charge in [-0.3, -0.25) is 11.3 Å². The Morgan fingerprint density at radius 1 is 1.26 bits per heavy atom. The molecule has 102 valence electrons. The molecular weight excluding hydrogens is 254 g/mol. The minimum absolute atomic E-state index is 0.135. The van der Waals surface area contributed by atoms with Crippen LogP contribution in [-0.2, 0) is 6.42 Å². The maximum atomic E-state index is 5.67. The van der Waals surface area contributed by atoms with Crippen molar-refractivity contribution in [1.82, 2.24) is 10.4 Å². The molecule has 1 aromatic heterocycles. The van der Waals surface area contributed by atoms with Crippen LogP contribution in [0.3, 0.4) is 0 Å². The topological polar surface area (TPSA) is 50.9 Å². The molecule has 1 heterocycles. The number of thiazole rings is 1. The van der Waals surface area contributed by atoms with E-state index in [1.165, 1.54) is 16.0 Å². The first-order valence-electron chi connectivity index (χ1n) is 6.57. The van der Waals surface area contributed by atoms with Crippen LogP contribution < -0.4 is 11.3 Å². The molecule has 0 saturated heterocycles. The second kappa shape index (κ2) is 6.28. The van der Waals surface area contributed by atoms with Crippen molar-refractivity contribution in [1.29, 1.82) is 0 Å². The van der Waals surface area contributed by atoms with Gasteiger partial charge >= 0.3 is 0 Å². The normalized spacial score (nSPS) is 12.9. The van der Waals surface area contributed by atoms with Crippen LogP contribution in [0.1, 0.15) is 46.8 Å². The summed E-state index contributed by atoms with van der Waals surface area (Å²) in [4.78, 5) is 5.48. The molecule has 0 aliphatic heterocycles. The number of benzene rings is 1. The molecule has 0 radical (unpaired) electrons. The summed E-state index contributed by atoms with van der Waals surface area (Å²) < 4.78 is 0. The molecule has 0 spiro atoms. The maximum absolute atomic E-state index is 5.67. The summed E-state index contributed by atoms with van der Waals surface area (Å²) >= 11 is 1.69. The van der Waals surface area contributed by atoms with Gasteiger partial charge in [0, 0.05) is 11.1 Å². The van der Waals surface area contributed by atoms with Crippen molar-refractivity contribution in [2.45, 2.75) is 39.2 Å². The summed E-state index contributed by atoms with van der Waals surface area (Å²) in [5.41, 5.74) is 5.55. The number of rotatable bonds is 5. The van der Waals surface area contributed by atoms with E-state index in [9.17, 15) is 0 Å². The third kappa shape index (κ3) is 3.62. The Bertz CT molecular complexity index is 516. The number of nitrogens with two attached hydrogens (primary N) is 1. The molecule has 0 amide bonds. The number of hydrazine groups is 1. The van der Waals surface area contributed by atoms with Crippen molar-refractivity contribution in [2.75, 3.05) is 0 Å². The molecular formula is C15H21N3S. The summed E-state index contributed by atoms with van der Waals surface area (Å²) in [5, 5.41) is 1.07. The zero-order valence-corrected chi connectivity index (χ0v) is 12.5. The Balaban J connectivity index is 2.10. The summed E-state index contributed by atoms with van der Waals surface area (Å²) in [6.07, 6.45) is 2.80. The fourth-order valence-electron chi connectivity index (χ4n) is 2.05. The van der Waals surface area contributed by atoms with Gasteiger partial charge in [-0.1, -0.05) is 38.1 Å². The van der Waals surface area contributed by atoms with Crippen molar-refractivity contribution < 1.29 is 0 Å². The first-order valence-corrected chi connectivity index (χ1v) is 7.39. The molecule has 3 nitrogen and oxygen atoms in total. The van der Waals surface area contributed by atoms with Crippen LogP contribution >= 0.6 is 11.3 Å². The van der Waals surface area contributed by atoms with Gasteiger partial charge in [0.2, 0.25) is 0 Å². The van der Waals surface area contributed by atoms with E-state index in [1.54, 1.807) is 11.3 Å². The van der Waals surface area contributed by atoms with Gasteiger partial charge in [-0.25, -0.2) is 4.98 Å². The molecule has 0 bridgehead atoms. The fraction of sp³-hybridized carbons (Fsp3) is 0.400. The van der Waals surface area contributed by atoms with Crippen LogP contribution in [0.25, 0.3) is 0 Å². The van der Waals surface area contributed by atoms with E-state index in [0.717, 1.165) is 11.4 Å². The summed E-state index contributed by atoms with van der Waals surface area (Å²) in [7, 11) is 0. The molecule has 4 heteroatoms. The van der Waals surface area contributed by atoms with E-state index < -0.39 is 0 Å². The molecule has 0 aliphatic carbocycles. The van der Waals surface area contributed by atoms with E-state index in [4.69, 9.17) is 5.84 Å². The fourth-order valence-corrected chi connectivity index (χ4v) is 2.90. The molecule has 1 aromatic carbocycles. The smallest absolute Gasteiger partial charge is 0.0897 e. The van der Waals surface area contributed by atoms with Gasteiger partial charge in [-0.15, -0.1) is 11.3 Å². The second-order valence-electron chi connectivity index (χ2n) is 5.10. The van der Waals surface area contributed by atoms with E-state index in [1.807, 2.05) is 13.1 Å². The monoisotopic (exact) mass is 275 g/mol. The van der Waals surface area contributed by atoms with Gasteiger partial charge in [0.1, 0.15) is 0 Å². The number of nitrogens with zero attached hydrogens (tertiary/aromatic N) is 1. The molecule has 0 saturated carbocycles. The number of nitrogens with one attached hydrogen (secondary N) is 1. The van der Waals surface area contributed by atoms with Crippen molar-refractivity contribution in [3.05, 3.63) is 51.5 Å². The summed E-state index contributed by atoms with van der Waals surface area (Å²) in [6.45, 7) is 6.43. The van der Waals surface area contributed by atoms with E-state index in [-0.39, 0.29) is 6.04 Å². The number of hydrogen-bond donors (Lipinski definition) is 2. The molecule has 19 heavy (non-hydrogen) atoms. The van der Waals surface area contributed by atoms with Crippen LogP contribution in [-0.4, -0.2) is 4.98 Å². The number of aryl methyl sites for hydroxylation is 1. The molecule has 0 fully saturated rings. The average Bonchev–Trinajstić information content (AvgIpc) is 2.83. The Morgan fingerprint density at radius 3 is 2.42 bits per heavy atom. The predicted molar refractivity (Wildman–Crippen MR) is 81.2 cm³/mol. The van der Waals surface area contributed by atoms with Crippen LogP contribution in [0.4, 0.5) is 0 Å². The minimum Gasteiger partial charge on any atom is -0.271 e. The Kier molecular flexibility index (Phi) is 4.69. The highest BCUT2D eigenvalue weighted by atomic mass is 32.1. The lowest BCUT2D eigenvalue weighted by atomic mass is 9.99. The molecule has 1 atom stereocenters. The van der Waals surface area contributed by atoms with Crippen LogP contribution in [0.15, 0.2) is 30.5 Å². The van der Waals surface area contributed by atoms with Crippen LogP contribution in [0.5, 0.6) is 0 Å². The largest absolute Gasteiger partial charge is 0.271 e. The minimum atomic E-state index is 0.135. The number of hydrogen-bond acceptors (Lipinski definition) is 4. The average molecular weight is 275 g/mol. The van der Waals surface area contributed by atoms with Crippen molar-refractivity contribution >= 4 is 11.3 Å². The van der Waals surface area contributed by atoms with Gasteiger partial charge in [0.15, 0.2) is 0 Å². The maximum Gasteiger partial charge on any atom is 0.0897 e. The molecule has 0 aliphatic rings. The summed E-state index contributed by atoms with van der Waals surface area (Å²) in [5.74, 6) is 6.24. The second-order valence-corrected chi connectivity index (χ2v) is 6.37. The van der Waals surface area contributed by atoms with Crippen molar-refractivity contribution in [3.63, 3.8) is 0 Å². The lowest BCUT2D eigenvalue weighted by Crippen LogP contribution is -2.28. The lowest BCUT2D eigenvalue weighted by Gasteiger charge is -2.14. The first-order chi connectivity index (χ1) is 9.10. The summed E-state index contributed by atoms with van der Waals surface area (Å²) in [6, 6.07) is 8.91. The molecule has 1 unspecified atom stereocenters. The van der Waals surface area contributed by atoms with Gasteiger partial charge in [-0.05, 0) is 30.4 Å². The Labute approximate surface area is 118 Å². The zero-order chi connectivity index (χ0) is 13.8. The standard InChI is InChI=1S/C15H21N3S/c1-10(2)13-6-4-12(5-7-13)8-14(18-16)15-9-17-11(3)19-15/h4-7,9-10,14,18H,8,16H2,1-3H3. The zero-order valence-electron chi connectivity index (χ0n) is 11.7. The quantitative estimate of drug-likeness (QED) is 0.650. The van der Waals surface area contributed by atoms with Crippen molar-refractivity contribution in [2.24, 2.45) is 5.84 Å².